The molecular weight excluding hydrogens is 328 g/mol. The van der Waals surface area contributed by atoms with Gasteiger partial charge in [-0.15, -0.1) is 0 Å². The first-order valence-electron chi connectivity index (χ1n) is 9.74. The molecule has 6 nitrogen and oxygen atoms in total. The van der Waals surface area contributed by atoms with Crippen LogP contribution in [0.2, 0.25) is 0 Å². The second kappa shape index (κ2) is 8.80. The molecule has 0 aromatic carbocycles. The zero-order valence-electron chi connectivity index (χ0n) is 16.8. The highest BCUT2D eigenvalue weighted by atomic mass is 16.5. The average Bonchev–Trinajstić information content (AvgIpc) is 2.56. The fourth-order valence-electron chi connectivity index (χ4n) is 3.24. The van der Waals surface area contributed by atoms with Crippen molar-refractivity contribution < 1.29 is 9.53 Å². The van der Waals surface area contributed by atoms with Gasteiger partial charge in [0.15, 0.2) is 0 Å². The van der Waals surface area contributed by atoms with Crippen LogP contribution in [0.1, 0.15) is 76.4 Å². The van der Waals surface area contributed by atoms with Crippen LogP contribution in [0.4, 0.5) is 5.95 Å². The first-order chi connectivity index (χ1) is 12.2. The fraction of sp³-hybridized carbons (Fsp3) is 0.750. The third kappa shape index (κ3) is 5.66. The van der Waals surface area contributed by atoms with E-state index in [0.29, 0.717) is 36.0 Å². The average molecular weight is 363 g/mol. The largest absolute Gasteiger partial charge is 0.379 e. The number of anilines is 1. The van der Waals surface area contributed by atoms with Gasteiger partial charge in [0.25, 0.3) is 5.91 Å². The molecule has 0 spiro atoms. The number of carbonyl (C=O) groups is 1. The molecule has 1 saturated carbocycles. The topological polar surface area (TPSA) is 90.1 Å². The van der Waals surface area contributed by atoms with Crippen LogP contribution >= 0.6 is 0 Å². The van der Waals surface area contributed by atoms with Crippen molar-refractivity contribution in [2.24, 2.45) is 17.1 Å². The Kier molecular flexibility index (Phi) is 6.98. The van der Waals surface area contributed by atoms with E-state index < -0.39 is 5.91 Å². The number of aromatic nitrogens is 2. The maximum Gasteiger partial charge on any atom is 0.252 e. The molecule has 1 aliphatic carbocycles. The highest BCUT2D eigenvalue weighted by molar-refractivity contribution is 5.93. The van der Waals surface area contributed by atoms with Crippen molar-refractivity contribution in [1.29, 1.82) is 0 Å². The summed E-state index contributed by atoms with van der Waals surface area (Å²) in [5, 5.41) is 3.43. The lowest BCUT2D eigenvalue weighted by molar-refractivity contribution is 0.0346. The molecule has 1 atom stereocenters. The van der Waals surface area contributed by atoms with Crippen LogP contribution < -0.4 is 11.1 Å². The lowest BCUT2D eigenvalue weighted by Gasteiger charge is -2.29. The number of nitrogens with one attached hydrogen (secondary N) is 1. The van der Waals surface area contributed by atoms with Crippen molar-refractivity contribution in [3.63, 3.8) is 0 Å². The molecule has 0 saturated heterocycles. The Bertz CT molecular complexity index is 604. The molecular formula is C20H34N4O2. The van der Waals surface area contributed by atoms with Crippen LogP contribution in [0.15, 0.2) is 6.20 Å². The molecule has 0 radical (unpaired) electrons. The summed E-state index contributed by atoms with van der Waals surface area (Å²) in [6.45, 7) is 11.6. The summed E-state index contributed by atoms with van der Waals surface area (Å²) in [5.74, 6) is 0.487. The zero-order valence-corrected chi connectivity index (χ0v) is 16.8. The van der Waals surface area contributed by atoms with Gasteiger partial charge in [0.05, 0.1) is 17.4 Å². The third-order valence-corrected chi connectivity index (χ3v) is 5.52. The zero-order chi connectivity index (χ0) is 19.3. The van der Waals surface area contributed by atoms with Crippen molar-refractivity contribution >= 4 is 11.9 Å². The lowest BCUT2D eigenvalue weighted by Crippen LogP contribution is -2.31. The van der Waals surface area contributed by atoms with Gasteiger partial charge in [-0.1, -0.05) is 27.7 Å². The minimum absolute atomic E-state index is 0.130. The molecule has 1 aromatic heterocycles. The summed E-state index contributed by atoms with van der Waals surface area (Å²) in [5.41, 5.74) is 6.81. The highest BCUT2D eigenvalue weighted by Crippen LogP contribution is 2.29. The smallest absolute Gasteiger partial charge is 0.252 e. The van der Waals surface area contributed by atoms with E-state index in [-0.39, 0.29) is 5.41 Å². The predicted molar refractivity (Wildman–Crippen MR) is 104 cm³/mol. The van der Waals surface area contributed by atoms with E-state index in [1.54, 1.807) is 6.20 Å². The van der Waals surface area contributed by atoms with E-state index in [1.807, 2.05) is 6.92 Å². The van der Waals surface area contributed by atoms with Gasteiger partial charge < -0.3 is 15.8 Å². The molecule has 1 fully saturated rings. The summed E-state index contributed by atoms with van der Waals surface area (Å²) < 4.78 is 5.71. The van der Waals surface area contributed by atoms with Crippen molar-refractivity contribution in [1.82, 2.24) is 9.97 Å². The van der Waals surface area contributed by atoms with E-state index in [4.69, 9.17) is 10.5 Å². The number of rotatable bonds is 7. The van der Waals surface area contributed by atoms with E-state index in [0.717, 1.165) is 38.0 Å². The first kappa shape index (κ1) is 20.6. The van der Waals surface area contributed by atoms with Gasteiger partial charge in [0.1, 0.15) is 0 Å². The molecule has 146 valence electrons. The summed E-state index contributed by atoms with van der Waals surface area (Å²) in [7, 11) is 0. The first-order valence-corrected chi connectivity index (χ1v) is 9.74. The number of primary amides is 1. The molecule has 0 unspecified atom stereocenters. The van der Waals surface area contributed by atoms with Crippen LogP contribution in [-0.4, -0.2) is 34.6 Å². The van der Waals surface area contributed by atoms with Crippen molar-refractivity contribution in [3.05, 3.63) is 17.5 Å². The van der Waals surface area contributed by atoms with Gasteiger partial charge >= 0.3 is 0 Å². The van der Waals surface area contributed by atoms with Crippen LogP contribution in [0.5, 0.6) is 0 Å². The second-order valence-electron chi connectivity index (χ2n) is 8.46. The van der Waals surface area contributed by atoms with E-state index in [1.165, 1.54) is 0 Å². The predicted octanol–water partition coefficient (Wildman–Crippen LogP) is 3.56. The maximum atomic E-state index is 11.8. The number of nitrogens with zero attached hydrogens (tertiary/aromatic N) is 2. The Hall–Kier alpha value is -1.69. The standard InChI is InChI=1S/C20H34N4O2/c1-6-26-15-9-7-14(8-10-15)23-19-22-12-16(18(21)25)17(24-19)11-13(2)20(3,4)5/h12-15H,6-11H2,1-5H3,(H2,21,25)(H,22,23,24)/t13-,14?,15?/m0/s1. The number of hydrogen-bond acceptors (Lipinski definition) is 5. The Labute approximate surface area is 157 Å². The third-order valence-electron chi connectivity index (χ3n) is 5.52. The molecule has 1 aromatic rings. The summed E-state index contributed by atoms with van der Waals surface area (Å²) in [6, 6.07) is 0.346. The normalized spacial score (nSPS) is 22.0. The molecule has 1 heterocycles. The monoisotopic (exact) mass is 362 g/mol. The molecule has 2 rings (SSSR count). The van der Waals surface area contributed by atoms with Gasteiger partial charge in [-0.05, 0) is 50.4 Å². The molecule has 1 amide bonds. The minimum atomic E-state index is -0.468. The van der Waals surface area contributed by atoms with Crippen LogP contribution in [0.3, 0.4) is 0 Å². The summed E-state index contributed by atoms with van der Waals surface area (Å²) in [4.78, 5) is 20.7. The van der Waals surface area contributed by atoms with Gasteiger partial charge in [0, 0.05) is 18.8 Å². The number of amides is 1. The molecule has 0 bridgehead atoms. The molecule has 26 heavy (non-hydrogen) atoms. The Morgan fingerprint density at radius 1 is 1.35 bits per heavy atom. The molecule has 6 heteroatoms. The van der Waals surface area contributed by atoms with Gasteiger partial charge in [0.2, 0.25) is 5.95 Å². The fourth-order valence-corrected chi connectivity index (χ4v) is 3.24. The quantitative estimate of drug-likeness (QED) is 0.774. The lowest BCUT2D eigenvalue weighted by atomic mass is 9.79. The maximum absolute atomic E-state index is 11.8. The summed E-state index contributed by atoms with van der Waals surface area (Å²) >= 11 is 0. The van der Waals surface area contributed by atoms with Crippen LogP contribution in [0, 0.1) is 11.3 Å². The Morgan fingerprint density at radius 3 is 2.54 bits per heavy atom. The molecule has 1 aliphatic rings. The van der Waals surface area contributed by atoms with Crippen LogP contribution in [0.25, 0.3) is 0 Å². The second-order valence-corrected chi connectivity index (χ2v) is 8.46. The summed E-state index contributed by atoms with van der Waals surface area (Å²) in [6.07, 6.45) is 6.83. The van der Waals surface area contributed by atoms with Gasteiger partial charge in [-0.2, -0.15) is 0 Å². The van der Waals surface area contributed by atoms with Crippen molar-refractivity contribution in [2.75, 3.05) is 11.9 Å². The van der Waals surface area contributed by atoms with Crippen LogP contribution in [-0.2, 0) is 11.2 Å². The van der Waals surface area contributed by atoms with Gasteiger partial charge in [-0.3, -0.25) is 4.79 Å². The van der Waals surface area contributed by atoms with E-state index in [9.17, 15) is 4.79 Å². The van der Waals surface area contributed by atoms with Gasteiger partial charge in [-0.25, -0.2) is 9.97 Å². The SMILES string of the molecule is CCOC1CCC(Nc2ncc(C(N)=O)c(C[C@H](C)C(C)(C)C)n2)CC1. The molecule has 0 aliphatic heterocycles. The minimum Gasteiger partial charge on any atom is -0.379 e. The Morgan fingerprint density at radius 2 is 2.00 bits per heavy atom. The van der Waals surface area contributed by atoms with E-state index >= 15 is 0 Å². The van der Waals surface area contributed by atoms with Crippen molar-refractivity contribution in [3.8, 4) is 0 Å². The number of ether oxygens (including phenoxy) is 1. The van der Waals surface area contributed by atoms with E-state index in [2.05, 4.69) is 43.0 Å². The van der Waals surface area contributed by atoms with Crippen molar-refractivity contribution in [2.45, 2.75) is 78.9 Å². The number of carbonyl (C=O) groups excluding carboxylic acids is 1. The molecule has 3 N–H and O–H groups in total. The number of nitrogens with two attached hydrogens (primary N) is 1. The Balaban J connectivity index is 2.08. The highest BCUT2D eigenvalue weighted by Gasteiger charge is 2.25. The number of hydrogen-bond donors (Lipinski definition) is 2.